The zero-order valence-electron chi connectivity index (χ0n) is 25.3. The Balaban J connectivity index is 1.26. The lowest BCUT2D eigenvalue weighted by atomic mass is 9.70. The number of hydrogen-bond donors (Lipinski definition) is 0. The Morgan fingerprint density at radius 2 is 1.21 bits per heavy atom. The molecule has 47 heavy (non-hydrogen) atoms. The number of para-hydroxylation sites is 4. The molecule has 0 aliphatic heterocycles. The van der Waals surface area contributed by atoms with E-state index in [2.05, 4.69) is 156 Å². The van der Waals surface area contributed by atoms with Crippen molar-refractivity contribution in [1.29, 1.82) is 0 Å². The van der Waals surface area contributed by atoms with Crippen molar-refractivity contribution in [2.45, 2.75) is 5.41 Å². The Labute approximate surface area is 271 Å². The lowest BCUT2D eigenvalue weighted by Gasteiger charge is -2.30. The van der Waals surface area contributed by atoms with E-state index in [0.29, 0.717) is 0 Å². The number of fused-ring (bicyclic) bond motifs is 15. The van der Waals surface area contributed by atoms with Gasteiger partial charge in [0, 0.05) is 27.6 Å². The topological polar surface area (TPSA) is 31.0 Å². The molecular formula is C44H26N2O. The smallest absolute Gasteiger partial charge is 0.145 e. The van der Waals surface area contributed by atoms with E-state index in [1.165, 1.54) is 44.5 Å². The molecule has 218 valence electrons. The summed E-state index contributed by atoms with van der Waals surface area (Å²) >= 11 is 0. The summed E-state index contributed by atoms with van der Waals surface area (Å²) < 4.78 is 9.00. The van der Waals surface area contributed by atoms with Gasteiger partial charge < -0.3 is 4.42 Å². The normalized spacial score (nSPS) is 15.7. The summed E-state index contributed by atoms with van der Waals surface area (Å²) in [6, 6.07) is 56.8. The van der Waals surface area contributed by atoms with Gasteiger partial charge in [-0.2, -0.15) is 0 Å². The third kappa shape index (κ3) is 3.09. The third-order valence-corrected chi connectivity index (χ3v) is 10.4. The van der Waals surface area contributed by atoms with Crippen molar-refractivity contribution in [3.8, 4) is 39.3 Å². The third-order valence-electron chi connectivity index (χ3n) is 10.4. The molecule has 0 amide bonds. The fraction of sp³-hybridized carbons (Fsp3) is 0.0227. The van der Waals surface area contributed by atoms with E-state index in [1.54, 1.807) is 0 Å². The molecule has 1 spiro atoms. The molecule has 2 aliphatic rings. The second-order valence-corrected chi connectivity index (χ2v) is 12.7. The summed E-state index contributed by atoms with van der Waals surface area (Å²) in [5.74, 6) is 0.936. The molecule has 0 bridgehead atoms. The predicted molar refractivity (Wildman–Crippen MR) is 190 cm³/mol. The predicted octanol–water partition coefficient (Wildman–Crippen LogP) is 10.9. The molecule has 2 aliphatic carbocycles. The van der Waals surface area contributed by atoms with Crippen LogP contribution in [0.25, 0.3) is 72.3 Å². The molecule has 9 aromatic rings. The van der Waals surface area contributed by atoms with Crippen LogP contribution in [0.2, 0.25) is 0 Å². The van der Waals surface area contributed by atoms with Gasteiger partial charge in [0.25, 0.3) is 0 Å². The van der Waals surface area contributed by atoms with Gasteiger partial charge >= 0.3 is 0 Å². The Morgan fingerprint density at radius 1 is 0.511 bits per heavy atom. The minimum Gasteiger partial charge on any atom is -0.455 e. The first-order valence-corrected chi connectivity index (χ1v) is 16.1. The van der Waals surface area contributed by atoms with Crippen LogP contribution in [0.15, 0.2) is 162 Å². The van der Waals surface area contributed by atoms with E-state index in [1.807, 2.05) is 6.07 Å². The molecule has 0 N–H and O–H groups in total. The number of rotatable bonds is 2. The van der Waals surface area contributed by atoms with Crippen molar-refractivity contribution < 1.29 is 4.42 Å². The van der Waals surface area contributed by atoms with Gasteiger partial charge in [-0.1, -0.05) is 121 Å². The summed E-state index contributed by atoms with van der Waals surface area (Å²) in [6.07, 6.45) is 0. The number of imidazole rings is 1. The molecule has 0 fully saturated rings. The molecule has 2 aromatic heterocycles. The highest BCUT2D eigenvalue weighted by Gasteiger charge is 2.52. The monoisotopic (exact) mass is 598 g/mol. The minimum atomic E-state index is -0.495. The number of aromatic nitrogens is 2. The van der Waals surface area contributed by atoms with Gasteiger partial charge in [0.1, 0.15) is 17.0 Å². The molecule has 1 atom stereocenters. The van der Waals surface area contributed by atoms with Crippen molar-refractivity contribution in [2.24, 2.45) is 0 Å². The number of benzene rings is 7. The van der Waals surface area contributed by atoms with E-state index in [-0.39, 0.29) is 0 Å². The molecule has 2 heterocycles. The van der Waals surface area contributed by atoms with Gasteiger partial charge in [-0.25, -0.2) is 4.98 Å². The van der Waals surface area contributed by atoms with Crippen LogP contribution in [0.3, 0.4) is 0 Å². The van der Waals surface area contributed by atoms with Crippen molar-refractivity contribution in [2.75, 3.05) is 0 Å². The van der Waals surface area contributed by atoms with Crippen molar-refractivity contribution in [3.05, 3.63) is 180 Å². The number of furan rings is 1. The van der Waals surface area contributed by atoms with Crippen molar-refractivity contribution >= 4 is 33.0 Å². The zero-order chi connectivity index (χ0) is 30.7. The average Bonchev–Trinajstić information content (AvgIpc) is 3.87. The zero-order valence-corrected chi connectivity index (χ0v) is 25.3. The van der Waals surface area contributed by atoms with Crippen LogP contribution in [-0.4, -0.2) is 9.55 Å². The van der Waals surface area contributed by atoms with Gasteiger partial charge in [0.15, 0.2) is 0 Å². The molecule has 3 nitrogen and oxygen atoms in total. The number of hydrogen-bond acceptors (Lipinski definition) is 2. The van der Waals surface area contributed by atoms with Gasteiger partial charge in [-0.15, -0.1) is 0 Å². The van der Waals surface area contributed by atoms with Crippen LogP contribution >= 0.6 is 0 Å². The first-order valence-electron chi connectivity index (χ1n) is 16.1. The molecule has 1 unspecified atom stereocenters. The quantitative estimate of drug-likeness (QED) is 0.198. The second-order valence-electron chi connectivity index (χ2n) is 12.7. The first kappa shape index (κ1) is 25.1. The molecule has 11 rings (SSSR count). The molecule has 3 heteroatoms. The van der Waals surface area contributed by atoms with Crippen molar-refractivity contribution in [3.63, 3.8) is 0 Å². The summed E-state index contributed by atoms with van der Waals surface area (Å²) in [4.78, 5) is 5.25. The first-order chi connectivity index (χ1) is 23.3. The van der Waals surface area contributed by atoms with Crippen LogP contribution < -0.4 is 0 Å². The van der Waals surface area contributed by atoms with Crippen LogP contribution in [0, 0.1) is 0 Å². The molecule has 7 aromatic carbocycles. The van der Waals surface area contributed by atoms with Gasteiger partial charge in [-0.3, -0.25) is 4.57 Å². The maximum absolute atomic E-state index is 6.71. The van der Waals surface area contributed by atoms with E-state index in [9.17, 15) is 0 Å². The summed E-state index contributed by atoms with van der Waals surface area (Å²) in [7, 11) is 0. The Hall–Kier alpha value is -6.19. The van der Waals surface area contributed by atoms with E-state index < -0.39 is 5.41 Å². The van der Waals surface area contributed by atoms with Crippen LogP contribution in [-0.2, 0) is 5.41 Å². The maximum atomic E-state index is 6.71. The highest BCUT2D eigenvalue weighted by atomic mass is 16.3. The van der Waals surface area contributed by atoms with Gasteiger partial charge in [0.2, 0.25) is 0 Å². The summed E-state index contributed by atoms with van der Waals surface area (Å²) in [5, 5.41) is 2.31. The highest BCUT2D eigenvalue weighted by molar-refractivity contribution is 6.13. The van der Waals surface area contributed by atoms with E-state index in [4.69, 9.17) is 9.40 Å². The lowest BCUT2D eigenvalue weighted by molar-refractivity contribution is 0.669. The fourth-order valence-electron chi connectivity index (χ4n) is 8.60. The van der Waals surface area contributed by atoms with Crippen LogP contribution in [0.4, 0.5) is 0 Å². The van der Waals surface area contributed by atoms with Gasteiger partial charge in [0.05, 0.1) is 16.4 Å². The fourth-order valence-corrected chi connectivity index (χ4v) is 8.60. The summed E-state index contributed by atoms with van der Waals surface area (Å²) in [5.41, 5.74) is 15.8. The number of nitrogens with zero attached hydrogens (tertiary/aromatic N) is 2. The van der Waals surface area contributed by atoms with Gasteiger partial charge in [-0.05, 0) is 75.3 Å². The van der Waals surface area contributed by atoms with Crippen LogP contribution in [0.1, 0.15) is 22.3 Å². The minimum absolute atomic E-state index is 0.495. The van der Waals surface area contributed by atoms with Crippen LogP contribution in [0.5, 0.6) is 0 Å². The Kier molecular flexibility index (Phi) is 4.78. The molecule has 0 saturated carbocycles. The molecule has 0 saturated heterocycles. The maximum Gasteiger partial charge on any atom is 0.145 e. The Morgan fingerprint density at radius 3 is 2.11 bits per heavy atom. The Bertz CT molecular complexity index is 2750. The second kappa shape index (κ2) is 8.96. The standard InChI is InChI=1S/C44H26N2O/c1-2-12-28(13-3-1)46-39-20-10-9-19-38(39)45-43(46)27-22-23-30-29-14-4-7-17-34(29)44(37(30)26-27)35-18-8-5-16-33(35)41-36(44)25-24-32-31-15-6-11-21-40(31)47-42(32)41/h1-26H. The molecule has 0 radical (unpaired) electrons. The highest BCUT2D eigenvalue weighted by Crippen LogP contribution is 2.64. The summed E-state index contributed by atoms with van der Waals surface area (Å²) in [6.45, 7) is 0. The average molecular weight is 599 g/mol. The SMILES string of the molecule is c1ccc(-n2c(-c3ccc4c(c3)C3(c5ccccc5-4)c4ccccc4-c4c3ccc3c4oc4ccccc43)nc3ccccc32)cc1. The lowest BCUT2D eigenvalue weighted by Crippen LogP contribution is -2.25. The molecular weight excluding hydrogens is 572 g/mol. The van der Waals surface area contributed by atoms with Crippen molar-refractivity contribution in [1.82, 2.24) is 9.55 Å². The largest absolute Gasteiger partial charge is 0.455 e. The van der Waals surface area contributed by atoms with E-state index >= 15 is 0 Å². The van der Waals surface area contributed by atoms with E-state index in [0.717, 1.165) is 50.0 Å².